The highest BCUT2D eigenvalue weighted by atomic mass is 35.5. The zero-order chi connectivity index (χ0) is 11.6. The van der Waals surface area contributed by atoms with Crippen molar-refractivity contribution in [3.05, 3.63) is 34.9 Å². The Labute approximate surface area is 95.1 Å². The molecule has 0 aromatic heterocycles. The summed E-state index contributed by atoms with van der Waals surface area (Å²) in [5.74, 6) is -1.00. The number of primary amides is 1. The maximum Gasteiger partial charge on any atom is 0.416 e. The fourth-order valence-corrected chi connectivity index (χ4v) is 0.998. The lowest BCUT2D eigenvalue weighted by atomic mass is 10.1. The highest BCUT2D eigenvalue weighted by molar-refractivity contribution is 5.93. The molecular formula is C9H6ClF3N2O. The van der Waals surface area contributed by atoms with Crippen molar-refractivity contribution in [2.75, 3.05) is 0 Å². The molecule has 16 heavy (non-hydrogen) atoms. The fraction of sp³-hybridized carbons (Fsp3) is 0.111. The smallest absolute Gasteiger partial charge is 0.366 e. The Morgan fingerprint density at radius 3 is 2.25 bits per heavy atom. The van der Waals surface area contributed by atoms with Crippen LogP contribution in [0.15, 0.2) is 18.2 Å². The van der Waals surface area contributed by atoms with Gasteiger partial charge in [0.25, 0.3) is 0 Å². The number of halogens is 4. The second kappa shape index (κ2) is 4.86. The lowest BCUT2D eigenvalue weighted by molar-refractivity contribution is -0.137. The van der Waals surface area contributed by atoms with E-state index >= 15 is 0 Å². The van der Waals surface area contributed by atoms with Gasteiger partial charge in [-0.2, -0.15) is 18.4 Å². The Hall–Kier alpha value is -1.74. The molecule has 0 aliphatic rings. The predicted molar refractivity (Wildman–Crippen MR) is 51.9 cm³/mol. The van der Waals surface area contributed by atoms with Crippen LogP contribution in [0.5, 0.6) is 0 Å². The number of nitriles is 1. The van der Waals surface area contributed by atoms with Gasteiger partial charge in [0.15, 0.2) is 0 Å². The summed E-state index contributed by atoms with van der Waals surface area (Å²) in [4.78, 5) is 10.7. The minimum absolute atomic E-state index is 0. The number of hydrogen-bond acceptors (Lipinski definition) is 2. The third-order valence-electron chi connectivity index (χ3n) is 1.67. The van der Waals surface area contributed by atoms with E-state index in [1.807, 2.05) is 0 Å². The number of benzene rings is 1. The summed E-state index contributed by atoms with van der Waals surface area (Å²) < 4.78 is 36.9. The van der Waals surface area contributed by atoms with Crippen molar-refractivity contribution in [3.63, 3.8) is 0 Å². The molecule has 0 bridgehead atoms. The van der Waals surface area contributed by atoms with Gasteiger partial charge in [-0.05, 0) is 18.2 Å². The van der Waals surface area contributed by atoms with Gasteiger partial charge in [-0.3, -0.25) is 4.79 Å². The molecule has 0 saturated carbocycles. The van der Waals surface area contributed by atoms with Crippen LogP contribution in [0.2, 0.25) is 0 Å². The molecule has 1 rings (SSSR count). The van der Waals surface area contributed by atoms with E-state index in [0.717, 1.165) is 6.07 Å². The van der Waals surface area contributed by atoms with Crippen molar-refractivity contribution in [1.82, 2.24) is 0 Å². The minimum atomic E-state index is -4.60. The third-order valence-corrected chi connectivity index (χ3v) is 1.67. The first-order valence-corrected chi connectivity index (χ1v) is 3.77. The molecule has 1 amide bonds. The summed E-state index contributed by atoms with van der Waals surface area (Å²) in [5.41, 5.74) is 3.19. The first kappa shape index (κ1) is 14.3. The molecule has 2 N–H and O–H groups in total. The SMILES string of the molecule is Cl.N#Cc1cc(C(N)=O)cc(C(F)(F)F)c1. The van der Waals surface area contributed by atoms with Gasteiger partial charge in [-0.1, -0.05) is 0 Å². The van der Waals surface area contributed by atoms with Crippen LogP contribution in [0.3, 0.4) is 0 Å². The van der Waals surface area contributed by atoms with Gasteiger partial charge in [0.2, 0.25) is 5.91 Å². The Balaban J connectivity index is 0.00000225. The zero-order valence-corrected chi connectivity index (χ0v) is 8.52. The maximum atomic E-state index is 12.3. The van der Waals surface area contributed by atoms with E-state index in [0.29, 0.717) is 12.1 Å². The van der Waals surface area contributed by atoms with Gasteiger partial charge in [0.1, 0.15) is 0 Å². The van der Waals surface area contributed by atoms with Crippen LogP contribution in [-0.2, 0) is 6.18 Å². The van der Waals surface area contributed by atoms with Crippen LogP contribution in [0, 0.1) is 11.3 Å². The van der Waals surface area contributed by atoms with Gasteiger partial charge < -0.3 is 5.73 Å². The second-order valence-electron chi connectivity index (χ2n) is 2.77. The van der Waals surface area contributed by atoms with E-state index in [4.69, 9.17) is 11.0 Å². The molecule has 0 atom stereocenters. The summed E-state index contributed by atoms with van der Waals surface area (Å²) in [6, 6.07) is 3.81. The average Bonchev–Trinajstić information content (AvgIpc) is 2.15. The van der Waals surface area contributed by atoms with Gasteiger partial charge in [0, 0.05) is 5.56 Å². The first-order valence-electron chi connectivity index (χ1n) is 3.77. The van der Waals surface area contributed by atoms with Crippen LogP contribution < -0.4 is 5.73 Å². The Morgan fingerprint density at radius 2 is 1.88 bits per heavy atom. The molecule has 1 aromatic rings. The third kappa shape index (κ3) is 3.14. The Bertz CT molecular complexity index is 451. The van der Waals surface area contributed by atoms with Crippen molar-refractivity contribution in [1.29, 1.82) is 5.26 Å². The number of nitrogens with two attached hydrogens (primary N) is 1. The largest absolute Gasteiger partial charge is 0.416 e. The van der Waals surface area contributed by atoms with Crippen LogP contribution in [0.1, 0.15) is 21.5 Å². The Kier molecular flexibility index (Phi) is 4.33. The molecule has 1 aromatic carbocycles. The highest BCUT2D eigenvalue weighted by Gasteiger charge is 2.31. The van der Waals surface area contributed by atoms with E-state index < -0.39 is 17.6 Å². The van der Waals surface area contributed by atoms with Crippen molar-refractivity contribution in [3.8, 4) is 6.07 Å². The molecule has 3 nitrogen and oxygen atoms in total. The molecule has 0 aliphatic heterocycles. The van der Waals surface area contributed by atoms with Gasteiger partial charge in [0.05, 0.1) is 17.2 Å². The monoisotopic (exact) mass is 250 g/mol. The number of alkyl halides is 3. The number of rotatable bonds is 1. The van der Waals surface area contributed by atoms with Crippen molar-refractivity contribution in [2.24, 2.45) is 5.73 Å². The van der Waals surface area contributed by atoms with Crippen LogP contribution in [0.25, 0.3) is 0 Å². The molecular weight excluding hydrogens is 245 g/mol. The van der Waals surface area contributed by atoms with Crippen LogP contribution in [-0.4, -0.2) is 5.91 Å². The predicted octanol–water partition coefficient (Wildman–Crippen LogP) is 2.10. The Morgan fingerprint density at radius 1 is 1.31 bits per heavy atom. The zero-order valence-electron chi connectivity index (χ0n) is 7.71. The number of amides is 1. The molecule has 0 heterocycles. The molecule has 0 aliphatic carbocycles. The van der Waals surface area contributed by atoms with E-state index in [1.165, 1.54) is 6.07 Å². The first-order chi connectivity index (χ1) is 6.84. The number of carbonyl (C=O) groups excluding carboxylic acids is 1. The number of nitrogens with zero attached hydrogens (tertiary/aromatic N) is 1. The molecule has 0 unspecified atom stereocenters. The lowest BCUT2D eigenvalue weighted by Gasteiger charge is -2.07. The van der Waals surface area contributed by atoms with Gasteiger partial charge >= 0.3 is 6.18 Å². The van der Waals surface area contributed by atoms with E-state index in [9.17, 15) is 18.0 Å². The molecule has 86 valence electrons. The summed E-state index contributed by atoms with van der Waals surface area (Å²) in [6.07, 6.45) is -4.60. The lowest BCUT2D eigenvalue weighted by Crippen LogP contribution is -2.14. The summed E-state index contributed by atoms with van der Waals surface area (Å²) in [6.45, 7) is 0. The van der Waals surface area contributed by atoms with Gasteiger partial charge in [-0.15, -0.1) is 12.4 Å². The molecule has 0 radical (unpaired) electrons. The normalized spacial score (nSPS) is 10.1. The van der Waals surface area contributed by atoms with Crippen LogP contribution >= 0.6 is 12.4 Å². The quantitative estimate of drug-likeness (QED) is 0.829. The van der Waals surface area contributed by atoms with Crippen molar-refractivity contribution < 1.29 is 18.0 Å². The average molecular weight is 251 g/mol. The van der Waals surface area contributed by atoms with E-state index in [2.05, 4.69) is 0 Å². The van der Waals surface area contributed by atoms with E-state index in [1.54, 1.807) is 0 Å². The van der Waals surface area contributed by atoms with E-state index in [-0.39, 0.29) is 23.5 Å². The molecule has 0 fully saturated rings. The van der Waals surface area contributed by atoms with Crippen molar-refractivity contribution >= 4 is 18.3 Å². The highest BCUT2D eigenvalue weighted by Crippen LogP contribution is 2.30. The standard InChI is InChI=1S/C9H5F3N2O.ClH/c10-9(11,12)7-2-5(4-13)1-6(3-7)8(14)15;/h1-3H,(H2,14,15);1H. The number of hydrogen-bond donors (Lipinski definition) is 1. The fourth-order valence-electron chi connectivity index (χ4n) is 0.998. The number of carbonyl (C=O) groups is 1. The minimum Gasteiger partial charge on any atom is -0.366 e. The van der Waals surface area contributed by atoms with Gasteiger partial charge in [-0.25, -0.2) is 0 Å². The second-order valence-corrected chi connectivity index (χ2v) is 2.77. The molecule has 0 saturated heterocycles. The summed E-state index contributed by atoms with van der Waals surface area (Å²) in [7, 11) is 0. The maximum absolute atomic E-state index is 12.3. The van der Waals surface area contributed by atoms with Crippen molar-refractivity contribution in [2.45, 2.75) is 6.18 Å². The van der Waals surface area contributed by atoms with Crippen LogP contribution in [0.4, 0.5) is 13.2 Å². The topological polar surface area (TPSA) is 66.9 Å². The summed E-state index contributed by atoms with van der Waals surface area (Å²) >= 11 is 0. The molecule has 7 heteroatoms. The molecule has 0 spiro atoms. The summed E-state index contributed by atoms with van der Waals surface area (Å²) in [5, 5.41) is 8.46.